The first-order chi connectivity index (χ1) is 15.2. The number of fused-ring (bicyclic) bond motifs is 2. The van der Waals surface area contributed by atoms with Gasteiger partial charge in [-0.1, -0.05) is 12.1 Å². The molecule has 0 unspecified atom stereocenters. The van der Waals surface area contributed by atoms with Crippen LogP contribution in [0.1, 0.15) is 43.1 Å². The molecule has 3 N–H and O–H groups in total. The summed E-state index contributed by atoms with van der Waals surface area (Å²) in [6.07, 6.45) is 6.90. The third-order valence-electron chi connectivity index (χ3n) is 5.78. The van der Waals surface area contributed by atoms with Gasteiger partial charge in [-0.15, -0.1) is 24.0 Å². The van der Waals surface area contributed by atoms with Gasteiger partial charge in [0.1, 0.15) is 5.82 Å². The van der Waals surface area contributed by atoms with E-state index in [2.05, 4.69) is 64.0 Å². The second kappa shape index (κ2) is 11.5. The van der Waals surface area contributed by atoms with Crippen LogP contribution in [0.3, 0.4) is 0 Å². The number of guanidine groups is 1. The van der Waals surface area contributed by atoms with Crippen LogP contribution >= 0.6 is 24.0 Å². The van der Waals surface area contributed by atoms with E-state index in [0.29, 0.717) is 13.1 Å². The summed E-state index contributed by atoms with van der Waals surface area (Å²) >= 11 is 0. The number of aliphatic imine (C=N–C) groups is 1. The highest BCUT2D eigenvalue weighted by Gasteiger charge is 2.16. The van der Waals surface area contributed by atoms with Crippen LogP contribution in [0.2, 0.25) is 0 Å². The molecule has 0 fully saturated rings. The molecule has 0 radical (unpaired) electrons. The van der Waals surface area contributed by atoms with Crippen LogP contribution < -0.4 is 16.3 Å². The zero-order valence-corrected chi connectivity index (χ0v) is 21.3. The minimum Gasteiger partial charge on any atom is -0.361 e. The molecule has 4 rings (SSSR count). The Morgan fingerprint density at radius 2 is 2.16 bits per heavy atom. The first-order valence-corrected chi connectivity index (χ1v) is 11.4. The number of H-pyrrole nitrogens is 1. The fourth-order valence-electron chi connectivity index (χ4n) is 4.17. The van der Waals surface area contributed by atoms with Crippen LogP contribution in [0.25, 0.3) is 10.9 Å². The lowest BCUT2D eigenvalue weighted by molar-refractivity contribution is 0.509. The lowest BCUT2D eigenvalue weighted by Gasteiger charge is -2.11. The molecule has 8 nitrogen and oxygen atoms in total. The van der Waals surface area contributed by atoms with Crippen molar-refractivity contribution in [3.05, 3.63) is 51.8 Å². The van der Waals surface area contributed by atoms with Gasteiger partial charge in [0, 0.05) is 56.2 Å². The second-order valence-corrected chi connectivity index (χ2v) is 8.18. The Kier molecular flexibility index (Phi) is 8.77. The summed E-state index contributed by atoms with van der Waals surface area (Å²) in [4.78, 5) is 20.4. The van der Waals surface area contributed by atoms with E-state index in [1.807, 2.05) is 4.57 Å². The molecule has 1 aliphatic rings. The topological polar surface area (TPSA) is 92.0 Å². The molecule has 0 atom stereocenters. The molecule has 3 heterocycles. The van der Waals surface area contributed by atoms with Crippen molar-refractivity contribution in [1.82, 2.24) is 30.0 Å². The maximum atomic E-state index is 12.4. The summed E-state index contributed by atoms with van der Waals surface area (Å²) in [6, 6.07) is 6.52. The Hall–Kier alpha value is -2.30. The number of aromatic amines is 1. The molecule has 9 heteroatoms. The Morgan fingerprint density at radius 3 is 2.97 bits per heavy atom. The summed E-state index contributed by atoms with van der Waals surface area (Å²) < 4.78 is 3.43. The molecule has 1 aliphatic heterocycles. The number of hydrogen-bond acceptors (Lipinski definition) is 3. The predicted molar refractivity (Wildman–Crippen MR) is 140 cm³/mol. The number of halogens is 1. The molecule has 0 spiro atoms. The molecule has 3 aromatic rings. The van der Waals surface area contributed by atoms with Crippen LogP contribution in [-0.4, -0.2) is 44.9 Å². The molecule has 0 saturated carbocycles. The van der Waals surface area contributed by atoms with Crippen molar-refractivity contribution >= 4 is 40.8 Å². The number of nitrogens with one attached hydrogen (secondary N) is 3. The predicted octanol–water partition coefficient (Wildman–Crippen LogP) is 2.98. The fourth-order valence-corrected chi connectivity index (χ4v) is 4.17. The van der Waals surface area contributed by atoms with E-state index >= 15 is 0 Å². The van der Waals surface area contributed by atoms with Crippen molar-refractivity contribution in [3.63, 3.8) is 0 Å². The first-order valence-electron chi connectivity index (χ1n) is 11.4. The molecule has 0 bridgehead atoms. The summed E-state index contributed by atoms with van der Waals surface area (Å²) in [6.45, 7) is 7.85. The van der Waals surface area contributed by atoms with Crippen LogP contribution in [0.15, 0.2) is 34.2 Å². The fraction of sp³-hybridized carbons (Fsp3) is 0.522. The highest BCUT2D eigenvalue weighted by Crippen LogP contribution is 2.19. The third kappa shape index (κ3) is 5.73. The van der Waals surface area contributed by atoms with Crippen molar-refractivity contribution in [2.45, 2.75) is 59.0 Å². The van der Waals surface area contributed by atoms with Crippen LogP contribution in [0, 0.1) is 6.92 Å². The van der Waals surface area contributed by atoms with Crippen LogP contribution in [-0.2, 0) is 25.9 Å². The number of hydrogen-bond donors (Lipinski definition) is 3. The van der Waals surface area contributed by atoms with Crippen molar-refractivity contribution in [2.75, 3.05) is 19.6 Å². The quantitative estimate of drug-likeness (QED) is 0.174. The zero-order valence-electron chi connectivity index (χ0n) is 19.0. The van der Waals surface area contributed by atoms with Gasteiger partial charge >= 0.3 is 5.69 Å². The average molecular weight is 551 g/mol. The third-order valence-corrected chi connectivity index (χ3v) is 5.78. The lowest BCUT2D eigenvalue weighted by atomic mass is 10.1. The van der Waals surface area contributed by atoms with E-state index in [4.69, 9.17) is 0 Å². The van der Waals surface area contributed by atoms with Crippen molar-refractivity contribution in [1.29, 1.82) is 0 Å². The summed E-state index contributed by atoms with van der Waals surface area (Å²) in [7, 11) is 0. The van der Waals surface area contributed by atoms with Crippen LogP contribution in [0.4, 0.5) is 0 Å². The molecule has 32 heavy (non-hydrogen) atoms. The smallest absolute Gasteiger partial charge is 0.345 e. The number of nitrogens with zero attached hydrogens (tertiary/aromatic N) is 4. The Balaban J connectivity index is 0.00000289. The van der Waals surface area contributed by atoms with Crippen molar-refractivity contribution in [3.8, 4) is 0 Å². The number of aromatic nitrogens is 4. The maximum absolute atomic E-state index is 12.4. The van der Waals surface area contributed by atoms with Gasteiger partial charge in [-0.3, -0.25) is 9.56 Å². The van der Waals surface area contributed by atoms with Gasteiger partial charge in [-0.25, -0.2) is 9.48 Å². The molecule has 174 valence electrons. The molecule has 0 saturated heterocycles. The van der Waals surface area contributed by atoms with Gasteiger partial charge in [-0.05, 0) is 56.7 Å². The second-order valence-electron chi connectivity index (χ2n) is 8.18. The van der Waals surface area contributed by atoms with Crippen molar-refractivity contribution < 1.29 is 0 Å². The zero-order chi connectivity index (χ0) is 21.6. The minimum absolute atomic E-state index is 0. The SMILES string of the molecule is CCNC(=NCCCn1nc2n(c1=O)CCCC2)NCCc1c[nH]c2cc(C)ccc12.I. The van der Waals surface area contributed by atoms with E-state index < -0.39 is 0 Å². The van der Waals surface area contributed by atoms with Gasteiger partial charge in [0.15, 0.2) is 5.96 Å². The lowest BCUT2D eigenvalue weighted by Crippen LogP contribution is -2.38. The molecule has 2 aromatic heterocycles. The van der Waals surface area contributed by atoms with Crippen LogP contribution in [0.5, 0.6) is 0 Å². The molecular formula is C23H34IN7O. The number of benzene rings is 1. The Labute approximate surface area is 205 Å². The van der Waals surface area contributed by atoms with E-state index in [1.165, 1.54) is 22.0 Å². The molecule has 0 aliphatic carbocycles. The maximum Gasteiger partial charge on any atom is 0.345 e. The molecule has 1 aromatic carbocycles. The van der Waals surface area contributed by atoms with Gasteiger partial charge < -0.3 is 15.6 Å². The van der Waals surface area contributed by atoms with Gasteiger partial charge in [-0.2, -0.15) is 5.10 Å². The Bertz CT molecular complexity index is 1110. The summed E-state index contributed by atoms with van der Waals surface area (Å²) in [5.41, 5.74) is 3.78. The van der Waals surface area contributed by atoms with Crippen molar-refractivity contribution in [2.24, 2.45) is 4.99 Å². The highest BCUT2D eigenvalue weighted by atomic mass is 127. The van der Waals surface area contributed by atoms with Gasteiger partial charge in [0.05, 0.1) is 0 Å². The number of aryl methyl sites for hydroxylation is 3. The van der Waals surface area contributed by atoms with E-state index in [9.17, 15) is 4.79 Å². The van der Waals surface area contributed by atoms with Gasteiger partial charge in [0.2, 0.25) is 0 Å². The van der Waals surface area contributed by atoms with E-state index in [-0.39, 0.29) is 29.7 Å². The summed E-state index contributed by atoms with van der Waals surface area (Å²) in [5, 5.41) is 12.5. The largest absolute Gasteiger partial charge is 0.361 e. The first kappa shape index (κ1) is 24.3. The normalized spacial score (nSPS) is 13.6. The minimum atomic E-state index is 0. The highest BCUT2D eigenvalue weighted by molar-refractivity contribution is 14.0. The molecule has 0 amide bonds. The average Bonchev–Trinajstić information content (AvgIpc) is 3.31. The van der Waals surface area contributed by atoms with E-state index in [1.54, 1.807) is 4.68 Å². The summed E-state index contributed by atoms with van der Waals surface area (Å²) in [5.74, 6) is 1.75. The monoisotopic (exact) mass is 551 g/mol. The molecular weight excluding hydrogens is 517 g/mol. The number of rotatable bonds is 8. The Morgan fingerprint density at radius 1 is 1.28 bits per heavy atom. The standard InChI is InChI=1S/C23H33N7O.HI/c1-3-24-22(26-12-10-18-16-27-20-15-17(2)8-9-19(18)20)25-11-6-14-30-23(31)29-13-5-4-7-21(29)28-30;/h8-9,15-16,27H,3-7,10-14H2,1-2H3,(H2,24,25,26);1H. The van der Waals surface area contributed by atoms with Gasteiger partial charge in [0.25, 0.3) is 0 Å². The van der Waals surface area contributed by atoms with E-state index in [0.717, 1.165) is 63.5 Å².